The van der Waals surface area contributed by atoms with Crippen LogP contribution >= 0.6 is 0 Å². The lowest BCUT2D eigenvalue weighted by molar-refractivity contribution is -0.142. The first-order valence-corrected chi connectivity index (χ1v) is 12.5. The van der Waals surface area contributed by atoms with Gasteiger partial charge in [0.2, 0.25) is 0 Å². The quantitative estimate of drug-likeness (QED) is 0.238. The SMILES string of the molecule is CC(C)CC(C(=O)O)c1cc(-c2ccccc2)cc(/C=C/c2ccc(-c3ccccc3)cc2)c1C(F)(F)F. The van der Waals surface area contributed by atoms with Gasteiger partial charge in [-0.2, -0.15) is 13.2 Å². The molecule has 4 aromatic rings. The Balaban J connectivity index is 1.85. The lowest BCUT2D eigenvalue weighted by Crippen LogP contribution is -2.20. The van der Waals surface area contributed by atoms with Gasteiger partial charge in [-0.05, 0) is 63.4 Å². The van der Waals surface area contributed by atoms with Crippen molar-refractivity contribution in [3.05, 3.63) is 119 Å². The van der Waals surface area contributed by atoms with Crippen molar-refractivity contribution in [1.29, 1.82) is 0 Å². The molecule has 1 N–H and O–H groups in total. The fourth-order valence-corrected chi connectivity index (χ4v) is 4.65. The van der Waals surface area contributed by atoms with Crippen molar-refractivity contribution >= 4 is 18.1 Å². The predicted octanol–water partition coefficient (Wildman–Crippen LogP) is 9.42. The molecule has 0 heterocycles. The van der Waals surface area contributed by atoms with E-state index in [9.17, 15) is 23.1 Å². The molecule has 1 atom stereocenters. The van der Waals surface area contributed by atoms with Crippen LogP contribution in [0.5, 0.6) is 0 Å². The third-order valence-electron chi connectivity index (χ3n) is 6.44. The predicted molar refractivity (Wildman–Crippen MR) is 148 cm³/mol. The van der Waals surface area contributed by atoms with Crippen LogP contribution in [0.25, 0.3) is 34.4 Å². The highest BCUT2D eigenvalue weighted by atomic mass is 19.4. The molecule has 0 spiro atoms. The maximum absolute atomic E-state index is 14.5. The maximum Gasteiger partial charge on any atom is 0.417 e. The normalized spacial score (nSPS) is 12.7. The number of benzene rings is 4. The average Bonchev–Trinajstić information content (AvgIpc) is 2.90. The molecule has 0 saturated heterocycles. The molecule has 1 unspecified atom stereocenters. The van der Waals surface area contributed by atoms with Crippen LogP contribution in [0.4, 0.5) is 13.2 Å². The van der Waals surface area contributed by atoms with Crippen LogP contribution in [0.1, 0.15) is 48.4 Å². The summed E-state index contributed by atoms with van der Waals surface area (Å²) in [5, 5.41) is 9.96. The van der Waals surface area contributed by atoms with Gasteiger partial charge in [-0.3, -0.25) is 4.79 Å². The highest BCUT2D eigenvalue weighted by Gasteiger charge is 2.39. The zero-order valence-corrected chi connectivity index (χ0v) is 21.2. The van der Waals surface area contributed by atoms with Crippen molar-refractivity contribution in [3.8, 4) is 22.3 Å². The van der Waals surface area contributed by atoms with Crippen LogP contribution in [0.2, 0.25) is 0 Å². The van der Waals surface area contributed by atoms with E-state index in [2.05, 4.69) is 0 Å². The molecule has 0 aliphatic heterocycles. The zero-order valence-electron chi connectivity index (χ0n) is 21.2. The van der Waals surface area contributed by atoms with Crippen molar-refractivity contribution in [1.82, 2.24) is 0 Å². The zero-order chi connectivity index (χ0) is 27.3. The Morgan fingerprint density at radius 3 is 1.79 bits per heavy atom. The first kappa shape index (κ1) is 26.9. The Morgan fingerprint density at radius 1 is 0.763 bits per heavy atom. The van der Waals surface area contributed by atoms with Gasteiger partial charge in [0.1, 0.15) is 0 Å². The maximum atomic E-state index is 14.5. The molecular weight excluding hydrogens is 485 g/mol. The van der Waals surface area contributed by atoms with E-state index in [1.54, 1.807) is 30.3 Å². The third-order valence-corrected chi connectivity index (χ3v) is 6.44. The van der Waals surface area contributed by atoms with Gasteiger partial charge in [0.05, 0.1) is 11.5 Å². The Morgan fingerprint density at radius 2 is 1.29 bits per heavy atom. The van der Waals surface area contributed by atoms with Crippen molar-refractivity contribution in [2.45, 2.75) is 32.4 Å². The second-order valence-corrected chi connectivity index (χ2v) is 9.74. The van der Waals surface area contributed by atoms with Gasteiger partial charge in [0.15, 0.2) is 0 Å². The minimum atomic E-state index is -4.73. The first-order chi connectivity index (χ1) is 18.1. The van der Waals surface area contributed by atoms with E-state index < -0.39 is 23.6 Å². The minimum Gasteiger partial charge on any atom is -0.481 e. The number of halogens is 3. The number of carboxylic acid groups (broad SMARTS) is 1. The lowest BCUT2D eigenvalue weighted by Gasteiger charge is -2.23. The Labute approximate surface area is 221 Å². The topological polar surface area (TPSA) is 37.3 Å². The molecule has 0 saturated carbocycles. The van der Waals surface area contributed by atoms with Gasteiger partial charge in [0.25, 0.3) is 0 Å². The summed E-state index contributed by atoms with van der Waals surface area (Å²) in [4.78, 5) is 12.2. The summed E-state index contributed by atoms with van der Waals surface area (Å²) >= 11 is 0. The van der Waals surface area contributed by atoms with Crippen LogP contribution in [-0.2, 0) is 11.0 Å². The summed E-state index contributed by atoms with van der Waals surface area (Å²) in [6.45, 7) is 3.62. The van der Waals surface area contributed by atoms with Gasteiger partial charge in [-0.1, -0.05) is 111 Å². The third kappa shape index (κ3) is 6.41. The average molecular weight is 515 g/mol. The summed E-state index contributed by atoms with van der Waals surface area (Å²) in [5.41, 5.74) is 2.89. The molecule has 4 aromatic carbocycles. The van der Waals surface area contributed by atoms with E-state index in [-0.39, 0.29) is 23.5 Å². The Kier molecular flexibility index (Phi) is 8.16. The van der Waals surface area contributed by atoms with E-state index in [0.29, 0.717) is 5.56 Å². The largest absolute Gasteiger partial charge is 0.481 e. The van der Waals surface area contributed by atoms with E-state index in [4.69, 9.17) is 0 Å². The molecule has 0 aliphatic carbocycles. The number of hydrogen-bond acceptors (Lipinski definition) is 1. The fraction of sp³-hybridized carbons (Fsp3) is 0.182. The van der Waals surface area contributed by atoms with Gasteiger partial charge >= 0.3 is 12.1 Å². The summed E-state index contributed by atoms with van der Waals surface area (Å²) in [6.07, 6.45) is -1.56. The molecule has 0 aliphatic rings. The van der Waals surface area contributed by atoms with Crippen LogP contribution in [0.15, 0.2) is 97.1 Å². The molecular formula is C33H29F3O2. The van der Waals surface area contributed by atoms with Crippen molar-refractivity contribution in [2.24, 2.45) is 5.92 Å². The molecule has 0 amide bonds. The molecule has 4 rings (SSSR count). The summed E-state index contributed by atoms with van der Waals surface area (Å²) < 4.78 is 43.6. The van der Waals surface area contributed by atoms with E-state index in [0.717, 1.165) is 22.3 Å². The second kappa shape index (κ2) is 11.5. The number of carboxylic acids is 1. The number of hydrogen-bond donors (Lipinski definition) is 1. The Bertz CT molecular complexity index is 1400. The monoisotopic (exact) mass is 514 g/mol. The fourth-order valence-electron chi connectivity index (χ4n) is 4.65. The van der Waals surface area contributed by atoms with E-state index in [1.807, 2.05) is 74.5 Å². The lowest BCUT2D eigenvalue weighted by atomic mass is 9.83. The van der Waals surface area contributed by atoms with Gasteiger partial charge in [-0.25, -0.2) is 0 Å². The summed E-state index contributed by atoms with van der Waals surface area (Å²) in [5.74, 6) is -2.65. The van der Waals surface area contributed by atoms with Crippen LogP contribution in [0.3, 0.4) is 0 Å². The molecule has 0 fully saturated rings. The van der Waals surface area contributed by atoms with Crippen LogP contribution in [0, 0.1) is 5.92 Å². The summed E-state index contributed by atoms with van der Waals surface area (Å²) in [6, 6.07) is 29.3. The number of aliphatic carboxylic acids is 1. The molecule has 0 radical (unpaired) electrons. The van der Waals surface area contributed by atoms with Crippen LogP contribution in [-0.4, -0.2) is 11.1 Å². The van der Waals surface area contributed by atoms with E-state index in [1.165, 1.54) is 18.2 Å². The highest BCUT2D eigenvalue weighted by molar-refractivity contribution is 5.82. The van der Waals surface area contributed by atoms with Gasteiger partial charge in [0, 0.05) is 0 Å². The molecule has 0 bridgehead atoms. The number of rotatable bonds is 8. The van der Waals surface area contributed by atoms with Crippen molar-refractivity contribution in [2.75, 3.05) is 0 Å². The van der Waals surface area contributed by atoms with E-state index >= 15 is 0 Å². The molecule has 194 valence electrons. The first-order valence-electron chi connectivity index (χ1n) is 12.5. The highest BCUT2D eigenvalue weighted by Crippen LogP contribution is 2.42. The molecule has 5 heteroatoms. The minimum absolute atomic E-state index is 0.0593. The second-order valence-electron chi connectivity index (χ2n) is 9.74. The number of carbonyl (C=O) groups is 1. The summed E-state index contributed by atoms with van der Waals surface area (Å²) in [7, 11) is 0. The van der Waals surface area contributed by atoms with Gasteiger partial charge < -0.3 is 5.11 Å². The van der Waals surface area contributed by atoms with Crippen LogP contribution < -0.4 is 0 Å². The Hall–Kier alpha value is -4.12. The smallest absolute Gasteiger partial charge is 0.417 e. The van der Waals surface area contributed by atoms with Crippen molar-refractivity contribution < 1.29 is 23.1 Å². The standard InChI is InChI=1S/C33H29F3O2/c1-22(2)19-30(32(37)38)29-21-28(25-11-7-4-8-12-25)20-27(31(29)33(34,35)36)18-15-23-13-16-26(17-14-23)24-9-5-3-6-10-24/h3-18,20-22,30H,19H2,1-2H3,(H,37,38)/b18-15+. The van der Waals surface area contributed by atoms with Gasteiger partial charge in [-0.15, -0.1) is 0 Å². The molecule has 2 nitrogen and oxygen atoms in total. The molecule has 0 aromatic heterocycles. The molecule has 38 heavy (non-hydrogen) atoms. The van der Waals surface area contributed by atoms with Crippen molar-refractivity contribution in [3.63, 3.8) is 0 Å². The number of alkyl halides is 3.